The Kier molecular flexibility index (Phi) is 4.09. The van der Waals surface area contributed by atoms with Crippen LogP contribution in [0, 0.1) is 12.3 Å². The first-order valence-electron chi connectivity index (χ1n) is 6.21. The van der Waals surface area contributed by atoms with Gasteiger partial charge in [0.15, 0.2) is 5.76 Å². The van der Waals surface area contributed by atoms with E-state index in [4.69, 9.17) is 16.6 Å². The second-order valence-corrected chi connectivity index (χ2v) is 4.33. The van der Waals surface area contributed by atoms with Crippen LogP contribution < -0.4 is 11.1 Å². The van der Waals surface area contributed by atoms with Gasteiger partial charge in [-0.1, -0.05) is 0 Å². The average Bonchev–Trinajstić information content (AvgIpc) is 2.81. The second kappa shape index (κ2) is 5.96. The van der Waals surface area contributed by atoms with Crippen molar-refractivity contribution >= 4 is 22.6 Å². The Bertz CT molecular complexity index is 623. The molecule has 1 heterocycles. The van der Waals surface area contributed by atoms with Crippen LogP contribution in [-0.2, 0) is 0 Å². The molecule has 0 aliphatic rings. The molecule has 1 amide bonds. The van der Waals surface area contributed by atoms with Gasteiger partial charge in [-0.15, -0.1) is 12.3 Å². The predicted octanol–water partition coefficient (Wildman–Crippen LogP) is 2.55. The van der Waals surface area contributed by atoms with Gasteiger partial charge in [0.1, 0.15) is 5.58 Å². The van der Waals surface area contributed by atoms with Gasteiger partial charge in [-0.05, 0) is 37.1 Å². The zero-order chi connectivity index (χ0) is 13.7. The molecule has 0 bridgehead atoms. The molecule has 0 fully saturated rings. The standard InChI is InChI=1S/C15H16N2O2/c1-2-3-4-5-8-17-15(18)14-10-11-9-12(16)6-7-13(11)19-14/h1,6-7,9-10H,3-5,8,16H2,(H,17,18). The van der Waals surface area contributed by atoms with Crippen LogP contribution in [0.2, 0.25) is 0 Å². The van der Waals surface area contributed by atoms with Gasteiger partial charge in [-0.2, -0.15) is 0 Å². The van der Waals surface area contributed by atoms with Crippen molar-refractivity contribution in [1.29, 1.82) is 0 Å². The van der Waals surface area contributed by atoms with Gasteiger partial charge in [-0.25, -0.2) is 0 Å². The maximum absolute atomic E-state index is 11.9. The number of carbonyl (C=O) groups excluding carboxylic acids is 1. The van der Waals surface area contributed by atoms with Crippen LogP contribution in [-0.4, -0.2) is 12.5 Å². The van der Waals surface area contributed by atoms with E-state index in [0.29, 0.717) is 23.6 Å². The van der Waals surface area contributed by atoms with E-state index in [9.17, 15) is 4.79 Å². The molecule has 1 aromatic carbocycles. The summed E-state index contributed by atoms with van der Waals surface area (Å²) >= 11 is 0. The van der Waals surface area contributed by atoms with Crippen molar-refractivity contribution in [3.63, 3.8) is 0 Å². The molecule has 0 aliphatic carbocycles. The number of benzene rings is 1. The fourth-order valence-electron chi connectivity index (χ4n) is 1.81. The first-order valence-corrected chi connectivity index (χ1v) is 6.21. The second-order valence-electron chi connectivity index (χ2n) is 4.33. The van der Waals surface area contributed by atoms with Crippen LogP contribution in [0.5, 0.6) is 0 Å². The largest absolute Gasteiger partial charge is 0.451 e. The SMILES string of the molecule is C#CCCCCNC(=O)c1cc2cc(N)ccc2o1. The van der Waals surface area contributed by atoms with Gasteiger partial charge in [0, 0.05) is 24.0 Å². The molecule has 1 aromatic heterocycles. The summed E-state index contributed by atoms with van der Waals surface area (Å²) in [5.74, 6) is 2.66. The summed E-state index contributed by atoms with van der Waals surface area (Å²) in [6.45, 7) is 0.597. The number of rotatable bonds is 5. The van der Waals surface area contributed by atoms with E-state index in [2.05, 4.69) is 11.2 Å². The lowest BCUT2D eigenvalue weighted by Crippen LogP contribution is -2.23. The average molecular weight is 256 g/mol. The topological polar surface area (TPSA) is 68.3 Å². The van der Waals surface area contributed by atoms with E-state index in [1.807, 2.05) is 0 Å². The third-order valence-corrected chi connectivity index (χ3v) is 2.80. The first-order chi connectivity index (χ1) is 9.20. The fourth-order valence-corrected chi connectivity index (χ4v) is 1.81. The van der Waals surface area contributed by atoms with Crippen LogP contribution in [0.3, 0.4) is 0 Å². The Morgan fingerprint density at radius 3 is 3.00 bits per heavy atom. The van der Waals surface area contributed by atoms with E-state index in [0.717, 1.165) is 24.6 Å². The molecule has 0 saturated carbocycles. The lowest BCUT2D eigenvalue weighted by Gasteiger charge is -2.01. The number of hydrogen-bond donors (Lipinski definition) is 2. The normalized spacial score (nSPS) is 10.3. The number of anilines is 1. The number of nitrogen functional groups attached to an aromatic ring is 1. The molecule has 2 rings (SSSR count). The molecule has 0 unspecified atom stereocenters. The zero-order valence-electron chi connectivity index (χ0n) is 10.6. The summed E-state index contributed by atoms with van der Waals surface area (Å²) in [7, 11) is 0. The van der Waals surface area contributed by atoms with Crippen LogP contribution >= 0.6 is 0 Å². The van der Waals surface area contributed by atoms with Crippen molar-refractivity contribution in [2.75, 3.05) is 12.3 Å². The highest BCUT2D eigenvalue weighted by Crippen LogP contribution is 2.21. The van der Waals surface area contributed by atoms with Gasteiger partial charge in [0.2, 0.25) is 0 Å². The van der Waals surface area contributed by atoms with E-state index < -0.39 is 0 Å². The van der Waals surface area contributed by atoms with Gasteiger partial charge >= 0.3 is 0 Å². The molecular formula is C15H16N2O2. The van der Waals surface area contributed by atoms with Gasteiger partial charge in [0.05, 0.1) is 0 Å². The number of terminal acetylenes is 1. The minimum Gasteiger partial charge on any atom is -0.451 e. The van der Waals surface area contributed by atoms with Crippen LogP contribution in [0.25, 0.3) is 11.0 Å². The van der Waals surface area contributed by atoms with Crippen molar-refractivity contribution in [1.82, 2.24) is 5.32 Å². The van der Waals surface area contributed by atoms with Crippen LogP contribution in [0.15, 0.2) is 28.7 Å². The molecule has 0 radical (unpaired) electrons. The fraction of sp³-hybridized carbons (Fsp3) is 0.267. The highest BCUT2D eigenvalue weighted by molar-refractivity contribution is 5.96. The molecular weight excluding hydrogens is 240 g/mol. The lowest BCUT2D eigenvalue weighted by molar-refractivity contribution is 0.0927. The quantitative estimate of drug-likeness (QED) is 0.490. The summed E-state index contributed by atoms with van der Waals surface area (Å²) in [5.41, 5.74) is 6.98. The Morgan fingerprint density at radius 1 is 1.37 bits per heavy atom. The van der Waals surface area contributed by atoms with Gasteiger partial charge in [0.25, 0.3) is 5.91 Å². The summed E-state index contributed by atoms with van der Waals surface area (Å²) in [4.78, 5) is 11.9. The third kappa shape index (κ3) is 3.29. The van der Waals surface area contributed by atoms with Crippen molar-refractivity contribution < 1.29 is 9.21 Å². The highest BCUT2D eigenvalue weighted by atomic mass is 16.3. The molecule has 0 saturated heterocycles. The summed E-state index contributed by atoms with van der Waals surface area (Å²) < 4.78 is 5.46. The van der Waals surface area contributed by atoms with E-state index in [-0.39, 0.29) is 5.91 Å². The minimum absolute atomic E-state index is 0.213. The molecule has 0 atom stereocenters. The number of nitrogens with one attached hydrogen (secondary N) is 1. The molecule has 98 valence electrons. The van der Waals surface area contributed by atoms with Crippen molar-refractivity contribution in [2.24, 2.45) is 0 Å². The van der Waals surface area contributed by atoms with Gasteiger partial charge < -0.3 is 15.5 Å². The number of furan rings is 1. The highest BCUT2D eigenvalue weighted by Gasteiger charge is 2.11. The number of carbonyl (C=O) groups is 1. The minimum atomic E-state index is -0.213. The lowest BCUT2D eigenvalue weighted by atomic mass is 10.2. The molecule has 19 heavy (non-hydrogen) atoms. The molecule has 0 aliphatic heterocycles. The van der Waals surface area contributed by atoms with Gasteiger partial charge in [-0.3, -0.25) is 4.79 Å². The number of nitrogens with two attached hydrogens (primary N) is 1. The first kappa shape index (κ1) is 13.0. The van der Waals surface area contributed by atoms with Crippen molar-refractivity contribution in [3.05, 3.63) is 30.0 Å². The van der Waals surface area contributed by atoms with Crippen molar-refractivity contribution in [2.45, 2.75) is 19.3 Å². The molecule has 2 aromatic rings. The number of hydrogen-bond acceptors (Lipinski definition) is 3. The Hall–Kier alpha value is -2.41. The Balaban J connectivity index is 1.96. The zero-order valence-corrected chi connectivity index (χ0v) is 10.6. The molecule has 4 nitrogen and oxygen atoms in total. The van der Waals surface area contributed by atoms with E-state index in [1.165, 1.54) is 0 Å². The molecule has 3 N–H and O–H groups in total. The predicted molar refractivity (Wildman–Crippen MR) is 75.6 cm³/mol. The van der Waals surface area contributed by atoms with E-state index >= 15 is 0 Å². The summed E-state index contributed by atoms with van der Waals surface area (Å²) in [5, 5.41) is 3.63. The number of unbranched alkanes of at least 4 members (excludes halogenated alkanes) is 2. The smallest absolute Gasteiger partial charge is 0.287 e. The van der Waals surface area contributed by atoms with Crippen LogP contribution in [0.4, 0.5) is 5.69 Å². The molecule has 4 heteroatoms. The maximum atomic E-state index is 11.9. The monoisotopic (exact) mass is 256 g/mol. The number of amides is 1. The molecule has 0 spiro atoms. The maximum Gasteiger partial charge on any atom is 0.287 e. The summed E-state index contributed by atoms with van der Waals surface area (Å²) in [6, 6.07) is 6.98. The van der Waals surface area contributed by atoms with E-state index in [1.54, 1.807) is 24.3 Å². The van der Waals surface area contributed by atoms with Crippen LogP contribution in [0.1, 0.15) is 29.8 Å². The van der Waals surface area contributed by atoms with Crippen molar-refractivity contribution in [3.8, 4) is 12.3 Å². The third-order valence-electron chi connectivity index (χ3n) is 2.80. The Labute approximate surface area is 112 Å². The Morgan fingerprint density at radius 2 is 2.21 bits per heavy atom. The summed E-state index contributed by atoms with van der Waals surface area (Å²) in [6.07, 6.45) is 7.66. The number of fused-ring (bicyclic) bond motifs is 1.